The third kappa shape index (κ3) is 1.31. The van der Waals surface area contributed by atoms with Crippen molar-refractivity contribution in [2.45, 2.75) is 38.6 Å². The molecule has 0 aromatic carbocycles. The molecule has 1 unspecified atom stereocenters. The van der Waals surface area contributed by atoms with E-state index in [0.717, 1.165) is 11.5 Å². The molecule has 2 aliphatic carbocycles. The summed E-state index contributed by atoms with van der Waals surface area (Å²) in [6.07, 6.45) is 6.03. The zero-order valence-electron chi connectivity index (χ0n) is 7.93. The molecule has 2 rings (SSSR count). The molecule has 0 aromatic rings. The Bertz CT molecular complexity index is 156. The molecule has 2 saturated carbocycles. The van der Waals surface area contributed by atoms with Crippen molar-refractivity contribution in [3.05, 3.63) is 0 Å². The van der Waals surface area contributed by atoms with Gasteiger partial charge in [0.1, 0.15) is 0 Å². The monoisotopic (exact) mass is 153 g/mol. The average Bonchev–Trinajstić information content (AvgIpc) is 2.68. The van der Waals surface area contributed by atoms with E-state index in [9.17, 15) is 0 Å². The second-order valence-electron chi connectivity index (χ2n) is 4.82. The molecule has 0 N–H and O–H groups in total. The van der Waals surface area contributed by atoms with Crippen LogP contribution >= 0.6 is 0 Å². The SMILES string of the molecule is CC(CCC12CC1C2)N(C)C. The quantitative estimate of drug-likeness (QED) is 0.598. The number of rotatable bonds is 4. The van der Waals surface area contributed by atoms with Crippen LogP contribution < -0.4 is 0 Å². The van der Waals surface area contributed by atoms with E-state index in [0.29, 0.717) is 0 Å². The molecule has 0 saturated heterocycles. The minimum absolute atomic E-state index is 0.784. The van der Waals surface area contributed by atoms with E-state index in [1.165, 1.54) is 18.8 Å². The van der Waals surface area contributed by atoms with Gasteiger partial charge in [0.25, 0.3) is 0 Å². The van der Waals surface area contributed by atoms with E-state index in [-0.39, 0.29) is 0 Å². The summed E-state index contributed by atoms with van der Waals surface area (Å²) in [5.41, 5.74) is 0.907. The largest absolute Gasteiger partial charge is 0.307 e. The first-order valence-corrected chi connectivity index (χ1v) is 4.80. The molecule has 64 valence electrons. The lowest BCUT2D eigenvalue weighted by molar-refractivity contribution is 0.283. The van der Waals surface area contributed by atoms with Crippen LogP contribution in [0.15, 0.2) is 0 Å². The first-order chi connectivity index (χ1) is 5.14. The second-order valence-corrected chi connectivity index (χ2v) is 4.82. The highest BCUT2D eigenvalue weighted by atomic mass is 15.1. The van der Waals surface area contributed by atoms with E-state index in [2.05, 4.69) is 25.9 Å². The Morgan fingerprint density at radius 3 is 2.36 bits per heavy atom. The third-order valence-electron chi connectivity index (χ3n) is 3.79. The fourth-order valence-corrected chi connectivity index (χ4v) is 1.97. The Labute approximate surface area is 69.8 Å². The Kier molecular flexibility index (Phi) is 1.54. The van der Waals surface area contributed by atoms with Gasteiger partial charge < -0.3 is 4.90 Å². The van der Waals surface area contributed by atoms with Gasteiger partial charge in [-0.15, -0.1) is 0 Å². The molecule has 0 heterocycles. The minimum atomic E-state index is 0.784. The smallest absolute Gasteiger partial charge is 0.00610 e. The second kappa shape index (κ2) is 2.22. The van der Waals surface area contributed by atoms with Gasteiger partial charge in [-0.2, -0.15) is 0 Å². The van der Waals surface area contributed by atoms with Crippen molar-refractivity contribution >= 4 is 0 Å². The number of fused-ring (bicyclic) bond motifs is 1. The zero-order valence-corrected chi connectivity index (χ0v) is 7.93. The van der Waals surface area contributed by atoms with Crippen LogP contribution in [0.1, 0.15) is 32.6 Å². The van der Waals surface area contributed by atoms with Crippen molar-refractivity contribution in [3.63, 3.8) is 0 Å². The summed E-state index contributed by atoms with van der Waals surface area (Å²) in [6, 6.07) is 0.784. The number of nitrogens with zero attached hydrogens (tertiary/aromatic N) is 1. The standard InChI is InChI=1S/C10H19N/c1-8(11(2)3)4-5-10-6-9(10)7-10/h8-9H,4-7H2,1-3H3. The third-order valence-corrected chi connectivity index (χ3v) is 3.79. The molecule has 1 heteroatoms. The van der Waals surface area contributed by atoms with Gasteiger partial charge in [0, 0.05) is 6.04 Å². The molecule has 0 aromatic heterocycles. The molecule has 1 atom stereocenters. The first kappa shape index (κ1) is 7.60. The maximum atomic E-state index is 2.33. The van der Waals surface area contributed by atoms with Crippen LogP contribution in [0.3, 0.4) is 0 Å². The van der Waals surface area contributed by atoms with Gasteiger partial charge in [0.05, 0.1) is 0 Å². The lowest BCUT2D eigenvalue weighted by Gasteiger charge is -2.19. The molecule has 11 heavy (non-hydrogen) atoms. The Hall–Kier alpha value is -0.0400. The Morgan fingerprint density at radius 1 is 1.45 bits per heavy atom. The lowest BCUT2D eigenvalue weighted by atomic mass is 10.0. The van der Waals surface area contributed by atoms with Crippen LogP contribution in [0.25, 0.3) is 0 Å². The van der Waals surface area contributed by atoms with Gasteiger partial charge in [0.2, 0.25) is 0 Å². The zero-order chi connectivity index (χ0) is 8.06. The maximum absolute atomic E-state index is 2.33. The summed E-state index contributed by atoms with van der Waals surface area (Å²) in [5, 5.41) is 0. The van der Waals surface area contributed by atoms with Crippen molar-refractivity contribution in [2.24, 2.45) is 11.3 Å². The normalized spacial score (nSPS) is 42.0. The van der Waals surface area contributed by atoms with Crippen molar-refractivity contribution in [1.82, 2.24) is 4.90 Å². The van der Waals surface area contributed by atoms with Gasteiger partial charge in [0.15, 0.2) is 0 Å². The molecule has 0 radical (unpaired) electrons. The molecule has 2 aliphatic rings. The van der Waals surface area contributed by atoms with Crippen LogP contribution in [-0.2, 0) is 0 Å². The molecular formula is C10H19N. The Balaban J connectivity index is 1.66. The molecule has 0 spiro atoms. The first-order valence-electron chi connectivity index (χ1n) is 4.80. The van der Waals surface area contributed by atoms with E-state index in [1.807, 2.05) is 0 Å². The van der Waals surface area contributed by atoms with Crippen LogP contribution in [0, 0.1) is 11.3 Å². The topological polar surface area (TPSA) is 3.24 Å². The van der Waals surface area contributed by atoms with Gasteiger partial charge in [-0.1, -0.05) is 0 Å². The predicted octanol–water partition coefficient (Wildman–Crippen LogP) is 2.13. The summed E-state index contributed by atoms with van der Waals surface area (Å²) in [4.78, 5) is 2.33. The molecule has 0 amide bonds. The van der Waals surface area contributed by atoms with Crippen LogP contribution in [-0.4, -0.2) is 25.0 Å². The van der Waals surface area contributed by atoms with Crippen LogP contribution in [0.5, 0.6) is 0 Å². The van der Waals surface area contributed by atoms with E-state index >= 15 is 0 Å². The van der Waals surface area contributed by atoms with E-state index in [1.54, 1.807) is 12.8 Å². The summed E-state index contributed by atoms with van der Waals surface area (Å²) < 4.78 is 0. The fraction of sp³-hybridized carbons (Fsp3) is 1.00. The lowest BCUT2D eigenvalue weighted by Crippen LogP contribution is -2.24. The highest BCUT2D eigenvalue weighted by Gasteiger charge is 2.68. The van der Waals surface area contributed by atoms with Gasteiger partial charge in [-0.05, 0) is 58.0 Å². The van der Waals surface area contributed by atoms with Crippen molar-refractivity contribution in [1.29, 1.82) is 0 Å². The van der Waals surface area contributed by atoms with E-state index in [4.69, 9.17) is 0 Å². The molecule has 1 nitrogen and oxygen atoms in total. The molecular weight excluding hydrogens is 134 g/mol. The summed E-state index contributed by atoms with van der Waals surface area (Å²) in [5.74, 6) is 1.18. The van der Waals surface area contributed by atoms with Gasteiger partial charge in [-0.25, -0.2) is 0 Å². The fourth-order valence-electron chi connectivity index (χ4n) is 1.97. The number of hydrogen-bond acceptors (Lipinski definition) is 1. The van der Waals surface area contributed by atoms with Crippen molar-refractivity contribution < 1.29 is 0 Å². The van der Waals surface area contributed by atoms with Gasteiger partial charge in [-0.3, -0.25) is 0 Å². The molecule has 0 aliphatic heterocycles. The minimum Gasteiger partial charge on any atom is -0.307 e. The highest BCUT2D eigenvalue weighted by Crippen LogP contribution is 2.77. The summed E-state index contributed by atoms with van der Waals surface area (Å²) >= 11 is 0. The van der Waals surface area contributed by atoms with Crippen molar-refractivity contribution in [3.8, 4) is 0 Å². The maximum Gasteiger partial charge on any atom is 0.00610 e. The molecule has 2 fully saturated rings. The number of hydrogen-bond donors (Lipinski definition) is 0. The Morgan fingerprint density at radius 2 is 2.00 bits per heavy atom. The van der Waals surface area contributed by atoms with Gasteiger partial charge >= 0.3 is 0 Å². The summed E-state index contributed by atoms with van der Waals surface area (Å²) in [6.45, 7) is 2.33. The predicted molar refractivity (Wildman–Crippen MR) is 47.5 cm³/mol. The average molecular weight is 153 g/mol. The highest BCUT2D eigenvalue weighted by molar-refractivity contribution is 5.18. The van der Waals surface area contributed by atoms with Crippen molar-refractivity contribution in [2.75, 3.05) is 14.1 Å². The van der Waals surface area contributed by atoms with E-state index < -0.39 is 0 Å². The van der Waals surface area contributed by atoms with Crippen LogP contribution in [0.4, 0.5) is 0 Å². The molecule has 0 bridgehead atoms. The summed E-state index contributed by atoms with van der Waals surface area (Å²) in [7, 11) is 4.36. The van der Waals surface area contributed by atoms with Crippen LogP contribution in [0.2, 0.25) is 0 Å².